The van der Waals surface area contributed by atoms with Crippen LogP contribution in [0.5, 0.6) is 0 Å². The molecule has 0 aliphatic carbocycles. The molecule has 1 aromatic rings. The zero-order chi connectivity index (χ0) is 13.7. The fourth-order valence-electron chi connectivity index (χ4n) is 2.79. The quantitative estimate of drug-likeness (QED) is 0.880. The third kappa shape index (κ3) is 3.91. The van der Waals surface area contributed by atoms with Crippen LogP contribution in [0.4, 0.5) is 5.69 Å². The number of anilines is 1. The molecule has 1 aliphatic heterocycles. The van der Waals surface area contributed by atoms with Gasteiger partial charge in [-0.1, -0.05) is 6.92 Å². The van der Waals surface area contributed by atoms with Crippen molar-refractivity contribution < 1.29 is 0 Å². The molecular weight excluding hydrogens is 236 g/mol. The van der Waals surface area contributed by atoms with Crippen LogP contribution in [0.15, 0.2) is 18.3 Å². The van der Waals surface area contributed by atoms with Crippen molar-refractivity contribution in [3.8, 4) is 0 Å². The second-order valence-corrected chi connectivity index (χ2v) is 5.28. The van der Waals surface area contributed by atoms with Gasteiger partial charge in [-0.15, -0.1) is 0 Å². The highest BCUT2D eigenvalue weighted by molar-refractivity contribution is 5.42. The van der Waals surface area contributed by atoms with Crippen molar-refractivity contribution in [1.29, 1.82) is 0 Å². The summed E-state index contributed by atoms with van der Waals surface area (Å²) in [4.78, 5) is 9.53. The first-order valence-electron chi connectivity index (χ1n) is 7.38. The molecule has 1 N–H and O–H groups in total. The van der Waals surface area contributed by atoms with Crippen LogP contribution < -0.4 is 5.32 Å². The van der Waals surface area contributed by atoms with Crippen molar-refractivity contribution in [3.05, 3.63) is 24.0 Å². The molecule has 19 heavy (non-hydrogen) atoms. The van der Waals surface area contributed by atoms with E-state index in [9.17, 15) is 0 Å². The Labute approximate surface area is 116 Å². The Kier molecular flexibility index (Phi) is 5.16. The molecule has 0 bridgehead atoms. The van der Waals surface area contributed by atoms with Crippen LogP contribution in [0.25, 0.3) is 0 Å². The van der Waals surface area contributed by atoms with Gasteiger partial charge in [0, 0.05) is 50.6 Å². The molecule has 1 aromatic heterocycles. The SMILES string of the molecule is CCNc1ccnc(CN2CCN(CC)C(C)C2)c1. The first kappa shape index (κ1) is 14.3. The standard InChI is InChI=1S/C15H26N4/c1-4-16-14-6-7-17-15(10-14)12-18-8-9-19(5-2)13(3)11-18/h6-7,10,13H,4-5,8-9,11-12H2,1-3H3,(H,16,17). The van der Waals surface area contributed by atoms with Gasteiger partial charge < -0.3 is 5.32 Å². The normalized spacial score (nSPS) is 21.5. The van der Waals surface area contributed by atoms with E-state index >= 15 is 0 Å². The van der Waals surface area contributed by atoms with Gasteiger partial charge in [0.15, 0.2) is 0 Å². The highest BCUT2D eigenvalue weighted by Gasteiger charge is 2.22. The first-order chi connectivity index (χ1) is 9.22. The van der Waals surface area contributed by atoms with E-state index in [4.69, 9.17) is 0 Å². The van der Waals surface area contributed by atoms with E-state index in [0.717, 1.165) is 38.4 Å². The van der Waals surface area contributed by atoms with Gasteiger partial charge in [0.05, 0.1) is 5.69 Å². The minimum atomic E-state index is 0.649. The summed E-state index contributed by atoms with van der Waals surface area (Å²) in [5.74, 6) is 0. The molecule has 0 aromatic carbocycles. The minimum Gasteiger partial charge on any atom is -0.385 e. The Hall–Kier alpha value is -1.13. The van der Waals surface area contributed by atoms with Crippen molar-refractivity contribution in [2.75, 3.05) is 38.0 Å². The van der Waals surface area contributed by atoms with Crippen LogP contribution in [0.3, 0.4) is 0 Å². The summed E-state index contributed by atoms with van der Waals surface area (Å²) >= 11 is 0. The lowest BCUT2D eigenvalue weighted by Crippen LogP contribution is -2.51. The molecule has 1 fully saturated rings. The average Bonchev–Trinajstić information content (AvgIpc) is 2.40. The molecule has 1 saturated heterocycles. The zero-order valence-electron chi connectivity index (χ0n) is 12.4. The average molecular weight is 262 g/mol. The van der Waals surface area contributed by atoms with Crippen LogP contribution >= 0.6 is 0 Å². The predicted octanol–water partition coefficient (Wildman–Crippen LogP) is 2.04. The number of pyridine rings is 1. The van der Waals surface area contributed by atoms with Gasteiger partial charge in [0.1, 0.15) is 0 Å². The molecule has 0 radical (unpaired) electrons. The number of likely N-dealkylation sites (N-methyl/N-ethyl adjacent to an activating group) is 1. The van der Waals surface area contributed by atoms with Gasteiger partial charge in [0.25, 0.3) is 0 Å². The fraction of sp³-hybridized carbons (Fsp3) is 0.667. The highest BCUT2D eigenvalue weighted by atomic mass is 15.3. The molecule has 1 aliphatic rings. The summed E-state index contributed by atoms with van der Waals surface area (Å²) in [6.45, 7) is 13.2. The monoisotopic (exact) mass is 262 g/mol. The van der Waals surface area contributed by atoms with E-state index in [1.807, 2.05) is 12.3 Å². The van der Waals surface area contributed by atoms with Gasteiger partial charge in [-0.05, 0) is 32.5 Å². The molecule has 2 rings (SSSR count). The number of piperazine rings is 1. The number of aromatic nitrogens is 1. The summed E-state index contributed by atoms with van der Waals surface area (Å²) in [5.41, 5.74) is 2.34. The van der Waals surface area contributed by atoms with Crippen LogP contribution in [0.1, 0.15) is 26.5 Å². The van der Waals surface area contributed by atoms with Crippen molar-refractivity contribution >= 4 is 5.69 Å². The topological polar surface area (TPSA) is 31.4 Å². The molecular formula is C15H26N4. The highest BCUT2D eigenvalue weighted by Crippen LogP contribution is 2.14. The predicted molar refractivity (Wildman–Crippen MR) is 80.4 cm³/mol. The van der Waals surface area contributed by atoms with Crippen LogP contribution in [0.2, 0.25) is 0 Å². The van der Waals surface area contributed by atoms with E-state index in [2.05, 4.69) is 46.9 Å². The summed E-state index contributed by atoms with van der Waals surface area (Å²) < 4.78 is 0. The summed E-state index contributed by atoms with van der Waals surface area (Å²) in [5, 5.41) is 3.34. The molecule has 106 valence electrons. The van der Waals surface area contributed by atoms with E-state index in [1.165, 1.54) is 12.2 Å². The molecule has 0 saturated carbocycles. The van der Waals surface area contributed by atoms with Gasteiger partial charge in [-0.3, -0.25) is 14.8 Å². The molecule has 4 heteroatoms. The Morgan fingerprint density at radius 1 is 1.37 bits per heavy atom. The summed E-state index contributed by atoms with van der Waals surface area (Å²) in [6, 6.07) is 4.85. The molecule has 4 nitrogen and oxygen atoms in total. The Morgan fingerprint density at radius 3 is 2.89 bits per heavy atom. The Balaban J connectivity index is 1.92. The Bertz CT molecular complexity index is 393. The van der Waals surface area contributed by atoms with Crippen LogP contribution in [0, 0.1) is 0 Å². The lowest BCUT2D eigenvalue weighted by atomic mass is 10.2. The molecule has 1 unspecified atom stereocenters. The maximum Gasteiger partial charge on any atom is 0.0564 e. The van der Waals surface area contributed by atoms with Gasteiger partial charge in [-0.25, -0.2) is 0 Å². The number of nitrogens with zero attached hydrogens (tertiary/aromatic N) is 3. The van der Waals surface area contributed by atoms with Gasteiger partial charge >= 0.3 is 0 Å². The summed E-state index contributed by atoms with van der Waals surface area (Å²) in [6.07, 6.45) is 1.90. The Morgan fingerprint density at radius 2 is 2.21 bits per heavy atom. The maximum absolute atomic E-state index is 4.48. The van der Waals surface area contributed by atoms with Crippen molar-refractivity contribution in [2.45, 2.75) is 33.4 Å². The number of hydrogen-bond acceptors (Lipinski definition) is 4. The molecule has 2 heterocycles. The molecule has 0 spiro atoms. The third-order valence-corrected chi connectivity index (χ3v) is 3.84. The maximum atomic E-state index is 4.48. The first-order valence-corrected chi connectivity index (χ1v) is 7.38. The number of nitrogens with one attached hydrogen (secondary N) is 1. The van der Waals surface area contributed by atoms with Crippen LogP contribution in [-0.2, 0) is 6.54 Å². The number of rotatable bonds is 5. The molecule has 1 atom stereocenters. The van der Waals surface area contributed by atoms with E-state index < -0.39 is 0 Å². The van der Waals surface area contributed by atoms with Crippen molar-refractivity contribution in [1.82, 2.24) is 14.8 Å². The lowest BCUT2D eigenvalue weighted by Gasteiger charge is -2.39. The van der Waals surface area contributed by atoms with Crippen molar-refractivity contribution in [2.24, 2.45) is 0 Å². The minimum absolute atomic E-state index is 0.649. The number of hydrogen-bond donors (Lipinski definition) is 1. The molecule has 0 amide bonds. The third-order valence-electron chi connectivity index (χ3n) is 3.84. The zero-order valence-corrected chi connectivity index (χ0v) is 12.4. The fourth-order valence-corrected chi connectivity index (χ4v) is 2.79. The summed E-state index contributed by atoms with van der Waals surface area (Å²) in [7, 11) is 0. The van der Waals surface area contributed by atoms with E-state index in [-0.39, 0.29) is 0 Å². The second-order valence-electron chi connectivity index (χ2n) is 5.28. The van der Waals surface area contributed by atoms with E-state index in [1.54, 1.807) is 0 Å². The largest absolute Gasteiger partial charge is 0.385 e. The van der Waals surface area contributed by atoms with E-state index in [0.29, 0.717) is 6.04 Å². The van der Waals surface area contributed by atoms with Crippen LogP contribution in [-0.4, -0.2) is 53.5 Å². The van der Waals surface area contributed by atoms with Gasteiger partial charge in [-0.2, -0.15) is 0 Å². The van der Waals surface area contributed by atoms with Gasteiger partial charge in [0.2, 0.25) is 0 Å². The second kappa shape index (κ2) is 6.87. The lowest BCUT2D eigenvalue weighted by molar-refractivity contribution is 0.0827. The smallest absolute Gasteiger partial charge is 0.0564 e. The van der Waals surface area contributed by atoms with Crippen molar-refractivity contribution in [3.63, 3.8) is 0 Å².